The van der Waals surface area contributed by atoms with E-state index in [1.165, 1.54) is 0 Å². The molecule has 0 aromatic carbocycles. The summed E-state index contributed by atoms with van der Waals surface area (Å²) in [5.41, 5.74) is 0. The molecule has 0 saturated carbocycles. The Balaban J connectivity index is 2.30. The zero-order valence-electron chi connectivity index (χ0n) is 13.3. The molecule has 0 radical (unpaired) electrons. The molecule has 6 nitrogen and oxygen atoms in total. The minimum atomic E-state index is -0.336. The Bertz CT molecular complexity index is 374. The Labute approximate surface area is 126 Å². The van der Waals surface area contributed by atoms with Crippen LogP contribution < -0.4 is 0 Å². The lowest BCUT2D eigenvalue weighted by molar-refractivity contribution is -0.146. The summed E-state index contributed by atoms with van der Waals surface area (Å²) < 4.78 is 4.80. The van der Waals surface area contributed by atoms with Crippen LogP contribution in [0.25, 0.3) is 0 Å². The lowest BCUT2D eigenvalue weighted by Gasteiger charge is -2.35. The van der Waals surface area contributed by atoms with E-state index in [4.69, 9.17) is 4.74 Å². The molecule has 1 aliphatic rings. The van der Waals surface area contributed by atoms with Gasteiger partial charge in [0.15, 0.2) is 0 Å². The van der Waals surface area contributed by atoms with E-state index in [0.717, 1.165) is 0 Å². The Morgan fingerprint density at radius 1 is 0.952 bits per heavy atom. The van der Waals surface area contributed by atoms with Crippen molar-refractivity contribution in [2.24, 2.45) is 5.92 Å². The molecular weight excluding hydrogens is 272 g/mol. The summed E-state index contributed by atoms with van der Waals surface area (Å²) in [6.07, 6.45) is 0.856. The van der Waals surface area contributed by atoms with Crippen LogP contribution in [-0.2, 0) is 19.1 Å². The van der Waals surface area contributed by atoms with Gasteiger partial charge < -0.3 is 14.5 Å². The van der Waals surface area contributed by atoms with E-state index in [-0.39, 0.29) is 30.6 Å². The van der Waals surface area contributed by atoms with Crippen molar-refractivity contribution in [3.8, 4) is 0 Å². The molecule has 0 atom stereocenters. The standard InChI is InChI=1S/C15H26N2O4/c1-4-21-15(20)6-5-13(18)16-7-9-17(10-8-16)14(19)11-12(2)3/h12H,4-11H2,1-3H3. The maximum absolute atomic E-state index is 12.0. The third-order valence-corrected chi connectivity index (χ3v) is 3.42. The minimum Gasteiger partial charge on any atom is -0.466 e. The fraction of sp³-hybridized carbons (Fsp3) is 0.800. The first kappa shape index (κ1) is 17.5. The van der Waals surface area contributed by atoms with Crippen molar-refractivity contribution in [2.75, 3.05) is 32.8 Å². The number of hydrogen-bond acceptors (Lipinski definition) is 4. The van der Waals surface area contributed by atoms with Gasteiger partial charge in [-0.05, 0) is 12.8 Å². The summed E-state index contributed by atoms with van der Waals surface area (Å²) >= 11 is 0. The van der Waals surface area contributed by atoms with E-state index >= 15 is 0 Å². The molecule has 1 heterocycles. The van der Waals surface area contributed by atoms with E-state index in [0.29, 0.717) is 45.1 Å². The highest BCUT2D eigenvalue weighted by atomic mass is 16.5. The number of hydrogen-bond donors (Lipinski definition) is 0. The SMILES string of the molecule is CCOC(=O)CCC(=O)N1CCN(C(=O)CC(C)C)CC1. The van der Waals surface area contributed by atoms with Crippen LogP contribution in [0.2, 0.25) is 0 Å². The van der Waals surface area contributed by atoms with Gasteiger partial charge in [-0.1, -0.05) is 13.8 Å². The Kier molecular flexibility index (Phi) is 7.19. The van der Waals surface area contributed by atoms with Crippen LogP contribution in [0.5, 0.6) is 0 Å². The van der Waals surface area contributed by atoms with Crippen LogP contribution in [0.4, 0.5) is 0 Å². The highest BCUT2D eigenvalue weighted by molar-refractivity contribution is 5.82. The first-order chi connectivity index (χ1) is 9.93. The van der Waals surface area contributed by atoms with Crippen molar-refractivity contribution in [3.63, 3.8) is 0 Å². The molecule has 1 fully saturated rings. The van der Waals surface area contributed by atoms with Gasteiger partial charge in [0.25, 0.3) is 0 Å². The molecule has 0 aromatic rings. The number of nitrogens with zero attached hydrogens (tertiary/aromatic N) is 2. The first-order valence-electron chi connectivity index (χ1n) is 7.65. The molecular formula is C15H26N2O4. The maximum Gasteiger partial charge on any atom is 0.306 e. The third-order valence-electron chi connectivity index (χ3n) is 3.42. The molecule has 0 spiro atoms. The fourth-order valence-corrected chi connectivity index (χ4v) is 2.28. The number of amides is 2. The van der Waals surface area contributed by atoms with Gasteiger partial charge in [-0.2, -0.15) is 0 Å². The van der Waals surface area contributed by atoms with Gasteiger partial charge in [0.05, 0.1) is 13.0 Å². The van der Waals surface area contributed by atoms with Crippen LogP contribution in [0.3, 0.4) is 0 Å². The molecule has 0 aromatic heterocycles. The summed E-state index contributed by atoms with van der Waals surface area (Å²) in [5.74, 6) is 0.126. The van der Waals surface area contributed by atoms with Crippen molar-refractivity contribution >= 4 is 17.8 Å². The summed E-state index contributed by atoms with van der Waals surface area (Å²) in [5, 5.41) is 0. The van der Waals surface area contributed by atoms with Crippen molar-refractivity contribution in [1.82, 2.24) is 9.80 Å². The number of piperazine rings is 1. The van der Waals surface area contributed by atoms with E-state index in [2.05, 4.69) is 0 Å². The number of rotatable bonds is 6. The van der Waals surface area contributed by atoms with Crippen molar-refractivity contribution in [3.05, 3.63) is 0 Å². The van der Waals surface area contributed by atoms with Crippen molar-refractivity contribution < 1.29 is 19.1 Å². The fourth-order valence-electron chi connectivity index (χ4n) is 2.28. The molecule has 0 aliphatic carbocycles. The Morgan fingerprint density at radius 3 is 1.95 bits per heavy atom. The zero-order valence-corrected chi connectivity index (χ0v) is 13.3. The lowest BCUT2D eigenvalue weighted by Crippen LogP contribution is -2.50. The number of carbonyl (C=O) groups excluding carboxylic acids is 3. The molecule has 0 unspecified atom stereocenters. The smallest absolute Gasteiger partial charge is 0.306 e. The van der Waals surface area contributed by atoms with Gasteiger partial charge in [0.2, 0.25) is 11.8 Å². The number of ether oxygens (including phenoxy) is 1. The number of esters is 1. The second kappa shape index (κ2) is 8.64. The largest absolute Gasteiger partial charge is 0.466 e. The quantitative estimate of drug-likeness (QED) is 0.687. The summed E-state index contributed by atoms with van der Waals surface area (Å²) in [6, 6.07) is 0. The topological polar surface area (TPSA) is 66.9 Å². The van der Waals surface area contributed by atoms with E-state index < -0.39 is 0 Å². The highest BCUT2D eigenvalue weighted by Gasteiger charge is 2.24. The normalized spacial score (nSPS) is 15.2. The average Bonchev–Trinajstić information content (AvgIpc) is 2.44. The van der Waals surface area contributed by atoms with Crippen LogP contribution in [-0.4, -0.2) is 60.4 Å². The maximum atomic E-state index is 12.0. The lowest BCUT2D eigenvalue weighted by atomic mass is 10.1. The summed E-state index contributed by atoms with van der Waals surface area (Å²) in [4.78, 5) is 38.7. The zero-order chi connectivity index (χ0) is 15.8. The Hall–Kier alpha value is -1.59. The van der Waals surface area contributed by atoms with Crippen LogP contribution in [0.1, 0.15) is 40.0 Å². The predicted molar refractivity (Wildman–Crippen MR) is 78.5 cm³/mol. The molecule has 120 valence electrons. The molecule has 2 amide bonds. The van der Waals surface area contributed by atoms with Crippen LogP contribution in [0, 0.1) is 5.92 Å². The molecule has 21 heavy (non-hydrogen) atoms. The van der Waals surface area contributed by atoms with Gasteiger partial charge in [-0.25, -0.2) is 0 Å². The van der Waals surface area contributed by atoms with Gasteiger partial charge >= 0.3 is 5.97 Å². The van der Waals surface area contributed by atoms with Crippen LogP contribution >= 0.6 is 0 Å². The molecule has 1 rings (SSSR count). The average molecular weight is 298 g/mol. The predicted octanol–water partition coefficient (Wildman–Crippen LogP) is 1.05. The minimum absolute atomic E-state index is 0.0426. The molecule has 1 aliphatic heterocycles. The highest BCUT2D eigenvalue weighted by Crippen LogP contribution is 2.09. The molecule has 6 heteroatoms. The van der Waals surface area contributed by atoms with Gasteiger partial charge in [-0.3, -0.25) is 14.4 Å². The van der Waals surface area contributed by atoms with Crippen molar-refractivity contribution in [1.29, 1.82) is 0 Å². The first-order valence-corrected chi connectivity index (χ1v) is 7.65. The van der Waals surface area contributed by atoms with E-state index in [1.54, 1.807) is 11.8 Å². The van der Waals surface area contributed by atoms with Gasteiger partial charge in [0, 0.05) is 39.0 Å². The third kappa shape index (κ3) is 6.14. The van der Waals surface area contributed by atoms with Crippen LogP contribution in [0.15, 0.2) is 0 Å². The molecule has 0 bridgehead atoms. The monoisotopic (exact) mass is 298 g/mol. The summed E-state index contributed by atoms with van der Waals surface area (Å²) in [7, 11) is 0. The van der Waals surface area contributed by atoms with Crippen molar-refractivity contribution in [2.45, 2.75) is 40.0 Å². The van der Waals surface area contributed by atoms with Gasteiger partial charge in [0.1, 0.15) is 0 Å². The second-order valence-electron chi connectivity index (χ2n) is 5.66. The summed E-state index contributed by atoms with van der Waals surface area (Å²) in [6.45, 7) is 8.38. The Morgan fingerprint density at radius 2 is 1.48 bits per heavy atom. The number of carbonyl (C=O) groups is 3. The van der Waals surface area contributed by atoms with Gasteiger partial charge in [-0.15, -0.1) is 0 Å². The second-order valence-corrected chi connectivity index (χ2v) is 5.66. The molecule has 1 saturated heterocycles. The van der Waals surface area contributed by atoms with E-state index in [9.17, 15) is 14.4 Å². The van der Waals surface area contributed by atoms with E-state index in [1.807, 2.05) is 18.7 Å². The molecule has 0 N–H and O–H groups in total.